The van der Waals surface area contributed by atoms with E-state index in [0.29, 0.717) is 0 Å². The van der Waals surface area contributed by atoms with E-state index in [4.69, 9.17) is 0 Å². The monoisotopic (exact) mass is 272 g/mol. The predicted molar refractivity (Wildman–Crippen MR) is 86.1 cm³/mol. The highest BCUT2D eigenvalue weighted by atomic mass is 15.2. The Balaban J connectivity index is 1.78. The zero-order chi connectivity index (χ0) is 13.8. The van der Waals surface area contributed by atoms with Gasteiger partial charge in [0.1, 0.15) is 0 Å². The molecular weight excluding hydrogens is 244 g/mol. The van der Waals surface area contributed by atoms with E-state index in [1.165, 1.54) is 56.3 Å². The average Bonchev–Trinajstić information content (AvgIpc) is 2.96. The van der Waals surface area contributed by atoms with Crippen molar-refractivity contribution >= 4 is 5.69 Å². The quantitative estimate of drug-likeness (QED) is 0.816. The van der Waals surface area contributed by atoms with Gasteiger partial charge in [-0.05, 0) is 56.2 Å². The molecule has 0 aromatic heterocycles. The van der Waals surface area contributed by atoms with Crippen LogP contribution in [0.15, 0.2) is 24.3 Å². The summed E-state index contributed by atoms with van der Waals surface area (Å²) < 4.78 is 0. The molecule has 1 aromatic rings. The van der Waals surface area contributed by atoms with E-state index < -0.39 is 0 Å². The molecule has 2 nitrogen and oxygen atoms in total. The number of fused-ring (bicyclic) bond motifs is 1. The van der Waals surface area contributed by atoms with Crippen molar-refractivity contribution in [3.05, 3.63) is 29.8 Å². The number of rotatable bonds is 5. The van der Waals surface area contributed by atoms with Gasteiger partial charge in [-0.25, -0.2) is 0 Å². The van der Waals surface area contributed by atoms with Crippen LogP contribution in [0.3, 0.4) is 0 Å². The molecule has 20 heavy (non-hydrogen) atoms. The number of nitrogens with one attached hydrogen (secondary N) is 1. The topological polar surface area (TPSA) is 15.3 Å². The second-order valence-electron chi connectivity index (χ2n) is 6.40. The smallest absolute Gasteiger partial charge is 0.0414 e. The van der Waals surface area contributed by atoms with Crippen LogP contribution in [0.5, 0.6) is 0 Å². The van der Waals surface area contributed by atoms with Crippen LogP contribution in [0, 0.1) is 5.92 Å². The second-order valence-corrected chi connectivity index (χ2v) is 6.40. The van der Waals surface area contributed by atoms with Crippen molar-refractivity contribution in [3.8, 4) is 0 Å². The molecule has 2 heteroatoms. The first-order chi connectivity index (χ1) is 9.90. The van der Waals surface area contributed by atoms with Crippen LogP contribution in [-0.4, -0.2) is 19.1 Å². The Morgan fingerprint density at radius 3 is 2.90 bits per heavy atom. The summed E-state index contributed by atoms with van der Waals surface area (Å²) in [4.78, 5) is 2.73. The molecule has 0 bridgehead atoms. The minimum atomic E-state index is 0.816. The minimum absolute atomic E-state index is 0.816. The SMILES string of the molecule is CCCNCc1ccccc1N1CCCC2CCCC21. The highest BCUT2D eigenvalue weighted by Gasteiger charge is 2.35. The van der Waals surface area contributed by atoms with Gasteiger partial charge < -0.3 is 10.2 Å². The summed E-state index contributed by atoms with van der Waals surface area (Å²) in [5.74, 6) is 0.959. The molecular formula is C18H28N2. The van der Waals surface area contributed by atoms with Gasteiger partial charge in [-0.15, -0.1) is 0 Å². The highest BCUT2D eigenvalue weighted by molar-refractivity contribution is 5.55. The molecule has 1 saturated heterocycles. The van der Waals surface area contributed by atoms with Crippen molar-refractivity contribution < 1.29 is 0 Å². The second kappa shape index (κ2) is 6.62. The van der Waals surface area contributed by atoms with Gasteiger partial charge in [0.05, 0.1) is 0 Å². The number of benzene rings is 1. The third kappa shape index (κ3) is 2.85. The zero-order valence-corrected chi connectivity index (χ0v) is 12.8. The molecule has 1 heterocycles. The van der Waals surface area contributed by atoms with Gasteiger partial charge in [0.2, 0.25) is 0 Å². The van der Waals surface area contributed by atoms with E-state index >= 15 is 0 Å². The summed E-state index contributed by atoms with van der Waals surface area (Å²) in [5.41, 5.74) is 2.97. The summed E-state index contributed by atoms with van der Waals surface area (Å²) >= 11 is 0. The van der Waals surface area contributed by atoms with Crippen molar-refractivity contribution in [3.63, 3.8) is 0 Å². The number of hydrogen-bond acceptors (Lipinski definition) is 2. The van der Waals surface area contributed by atoms with Crippen LogP contribution in [0.25, 0.3) is 0 Å². The molecule has 0 amide bonds. The first kappa shape index (κ1) is 13.9. The number of nitrogens with zero attached hydrogens (tertiary/aromatic N) is 1. The van der Waals surface area contributed by atoms with E-state index in [9.17, 15) is 0 Å². The maximum Gasteiger partial charge on any atom is 0.0414 e. The van der Waals surface area contributed by atoms with Crippen LogP contribution in [0.2, 0.25) is 0 Å². The molecule has 0 spiro atoms. The highest BCUT2D eigenvalue weighted by Crippen LogP contribution is 2.39. The van der Waals surface area contributed by atoms with E-state index in [1.807, 2.05) is 0 Å². The van der Waals surface area contributed by atoms with Gasteiger partial charge >= 0.3 is 0 Å². The Kier molecular flexibility index (Phi) is 4.62. The number of hydrogen-bond donors (Lipinski definition) is 1. The lowest BCUT2D eigenvalue weighted by Crippen LogP contribution is -2.43. The normalized spacial score (nSPS) is 25.8. The van der Waals surface area contributed by atoms with Crippen molar-refractivity contribution in [2.24, 2.45) is 5.92 Å². The molecule has 2 fully saturated rings. The number of piperidine rings is 1. The Hall–Kier alpha value is -1.02. The lowest BCUT2D eigenvalue weighted by atomic mass is 9.91. The van der Waals surface area contributed by atoms with E-state index in [2.05, 4.69) is 41.4 Å². The first-order valence-corrected chi connectivity index (χ1v) is 8.45. The van der Waals surface area contributed by atoms with Crippen molar-refractivity contribution in [1.82, 2.24) is 5.32 Å². The maximum absolute atomic E-state index is 3.56. The number of anilines is 1. The van der Waals surface area contributed by atoms with Gasteiger partial charge in [0.15, 0.2) is 0 Å². The van der Waals surface area contributed by atoms with Gasteiger partial charge in [-0.2, -0.15) is 0 Å². The summed E-state index contributed by atoms with van der Waals surface area (Å²) in [6.45, 7) is 5.61. The lowest BCUT2D eigenvalue weighted by molar-refractivity contribution is 0.362. The molecule has 1 N–H and O–H groups in total. The third-order valence-electron chi connectivity index (χ3n) is 5.04. The summed E-state index contributed by atoms with van der Waals surface area (Å²) in [6, 6.07) is 9.84. The van der Waals surface area contributed by atoms with Gasteiger partial charge in [0.25, 0.3) is 0 Å². The van der Waals surface area contributed by atoms with Crippen LogP contribution in [0.1, 0.15) is 51.0 Å². The molecule has 1 aliphatic carbocycles. The van der Waals surface area contributed by atoms with E-state index in [1.54, 1.807) is 0 Å². The summed E-state index contributed by atoms with van der Waals surface area (Å²) in [6.07, 6.45) is 8.33. The fourth-order valence-corrected chi connectivity index (χ4v) is 4.09. The van der Waals surface area contributed by atoms with Gasteiger partial charge in [-0.3, -0.25) is 0 Å². The van der Waals surface area contributed by atoms with Crippen molar-refractivity contribution in [2.75, 3.05) is 18.0 Å². The standard InChI is InChI=1S/C18H28N2/c1-2-12-19-14-16-7-3-4-10-18(16)20-13-6-9-15-8-5-11-17(15)20/h3-4,7,10,15,17,19H,2,5-6,8-9,11-14H2,1H3. The van der Waals surface area contributed by atoms with Crippen LogP contribution < -0.4 is 10.2 Å². The molecule has 110 valence electrons. The molecule has 1 saturated carbocycles. The Morgan fingerprint density at radius 1 is 1.15 bits per heavy atom. The molecule has 1 aromatic carbocycles. The lowest BCUT2D eigenvalue weighted by Gasteiger charge is -2.40. The molecule has 2 atom stereocenters. The van der Waals surface area contributed by atoms with Crippen LogP contribution in [0.4, 0.5) is 5.69 Å². The molecule has 0 radical (unpaired) electrons. The summed E-state index contributed by atoms with van der Waals surface area (Å²) in [5, 5.41) is 3.56. The largest absolute Gasteiger partial charge is 0.368 e. The predicted octanol–water partition coefficient (Wildman–Crippen LogP) is 3.96. The molecule has 2 unspecified atom stereocenters. The molecule has 2 aliphatic rings. The Labute approximate surface area is 123 Å². The Bertz CT molecular complexity index is 429. The zero-order valence-electron chi connectivity index (χ0n) is 12.8. The number of para-hydroxylation sites is 1. The van der Waals surface area contributed by atoms with Gasteiger partial charge in [0, 0.05) is 24.8 Å². The van der Waals surface area contributed by atoms with Gasteiger partial charge in [-0.1, -0.05) is 31.5 Å². The average molecular weight is 272 g/mol. The Morgan fingerprint density at radius 2 is 2.00 bits per heavy atom. The maximum atomic E-state index is 3.56. The van der Waals surface area contributed by atoms with E-state index in [0.717, 1.165) is 25.0 Å². The summed E-state index contributed by atoms with van der Waals surface area (Å²) in [7, 11) is 0. The fraction of sp³-hybridized carbons (Fsp3) is 0.667. The first-order valence-electron chi connectivity index (χ1n) is 8.45. The van der Waals surface area contributed by atoms with Crippen LogP contribution >= 0.6 is 0 Å². The molecule has 1 aliphatic heterocycles. The van der Waals surface area contributed by atoms with Crippen molar-refractivity contribution in [2.45, 2.75) is 58.0 Å². The van der Waals surface area contributed by atoms with E-state index in [-0.39, 0.29) is 0 Å². The third-order valence-corrected chi connectivity index (χ3v) is 5.04. The van der Waals surface area contributed by atoms with Crippen molar-refractivity contribution in [1.29, 1.82) is 0 Å². The molecule has 3 rings (SSSR count). The fourth-order valence-electron chi connectivity index (χ4n) is 4.09. The minimum Gasteiger partial charge on any atom is -0.368 e. The van der Waals surface area contributed by atoms with Crippen LogP contribution in [-0.2, 0) is 6.54 Å².